The second-order valence-corrected chi connectivity index (χ2v) is 5.99. The smallest absolute Gasteiger partial charge is 0.321 e. The van der Waals surface area contributed by atoms with Crippen molar-refractivity contribution in [3.8, 4) is 5.75 Å². The highest BCUT2D eigenvalue weighted by Gasteiger charge is 2.39. The number of ether oxygens (including phenoxy) is 1. The van der Waals surface area contributed by atoms with Crippen LogP contribution >= 0.6 is 0 Å². The van der Waals surface area contributed by atoms with E-state index in [1.807, 2.05) is 0 Å². The van der Waals surface area contributed by atoms with Gasteiger partial charge in [0.2, 0.25) is 17.1 Å². The molecule has 0 spiro atoms. The Hall–Kier alpha value is -3.04. The van der Waals surface area contributed by atoms with Gasteiger partial charge in [-0.1, -0.05) is 0 Å². The number of nitro groups is 1. The number of carbonyl (C=O) groups excluding carboxylic acids is 1. The van der Waals surface area contributed by atoms with E-state index in [4.69, 9.17) is 10.5 Å². The number of aromatic nitrogens is 1. The Labute approximate surface area is 132 Å². The first-order chi connectivity index (χ1) is 11.1. The molecule has 24 heavy (non-hydrogen) atoms. The highest BCUT2D eigenvalue weighted by atomic mass is 19.2. The molecule has 0 atom stereocenters. The van der Waals surface area contributed by atoms with E-state index in [-0.39, 0.29) is 12.1 Å². The molecule has 1 aromatic carbocycles. The Morgan fingerprint density at radius 3 is 2.58 bits per heavy atom. The molecule has 10 heteroatoms. The SMILES string of the molecule is CC1(C)COc2c(F)c(F)c([N+](=O)[O-])c3c(=O)c(C(N)=O)cn1c23. The molecule has 2 heterocycles. The summed E-state index contributed by atoms with van der Waals surface area (Å²) in [7, 11) is 0. The van der Waals surface area contributed by atoms with Crippen LogP contribution in [-0.4, -0.2) is 22.0 Å². The van der Waals surface area contributed by atoms with Crippen molar-refractivity contribution in [3.05, 3.63) is 43.7 Å². The maximum atomic E-state index is 14.2. The molecule has 0 bridgehead atoms. The fourth-order valence-corrected chi connectivity index (χ4v) is 2.75. The summed E-state index contributed by atoms with van der Waals surface area (Å²) >= 11 is 0. The number of nitro benzene ring substituents is 1. The van der Waals surface area contributed by atoms with E-state index in [0.717, 1.165) is 6.20 Å². The number of hydrogen-bond acceptors (Lipinski definition) is 5. The lowest BCUT2D eigenvalue weighted by atomic mass is 9.99. The summed E-state index contributed by atoms with van der Waals surface area (Å²) < 4.78 is 34.8. The Bertz CT molecular complexity index is 997. The third-order valence-electron chi connectivity index (χ3n) is 3.93. The van der Waals surface area contributed by atoms with Crippen LogP contribution in [0.2, 0.25) is 0 Å². The lowest BCUT2D eigenvalue weighted by molar-refractivity contribution is -0.386. The number of nitrogens with two attached hydrogens (primary N) is 1. The van der Waals surface area contributed by atoms with E-state index >= 15 is 0 Å². The quantitative estimate of drug-likeness (QED) is 0.656. The summed E-state index contributed by atoms with van der Waals surface area (Å²) in [6, 6.07) is 0. The summed E-state index contributed by atoms with van der Waals surface area (Å²) in [4.78, 5) is 34.0. The zero-order valence-corrected chi connectivity index (χ0v) is 12.6. The van der Waals surface area contributed by atoms with Crippen molar-refractivity contribution < 1.29 is 23.2 Å². The van der Waals surface area contributed by atoms with E-state index in [1.165, 1.54) is 4.57 Å². The highest BCUT2D eigenvalue weighted by Crippen LogP contribution is 2.41. The first-order valence-electron chi connectivity index (χ1n) is 6.75. The molecule has 1 aromatic heterocycles. The molecule has 3 rings (SSSR count). The molecule has 0 unspecified atom stereocenters. The second-order valence-electron chi connectivity index (χ2n) is 5.99. The Morgan fingerprint density at radius 1 is 1.42 bits per heavy atom. The molecule has 1 aliphatic heterocycles. The fraction of sp³-hybridized carbons (Fsp3) is 0.286. The van der Waals surface area contributed by atoms with E-state index in [9.17, 15) is 28.5 Å². The molecule has 2 N–H and O–H groups in total. The number of pyridine rings is 1. The largest absolute Gasteiger partial charge is 0.486 e. The lowest BCUT2D eigenvalue weighted by Crippen LogP contribution is -2.40. The van der Waals surface area contributed by atoms with Gasteiger partial charge < -0.3 is 15.0 Å². The third-order valence-corrected chi connectivity index (χ3v) is 3.93. The number of nitrogens with zero attached hydrogens (tertiary/aromatic N) is 2. The van der Waals surface area contributed by atoms with Gasteiger partial charge >= 0.3 is 5.69 Å². The molecule has 8 nitrogen and oxygen atoms in total. The van der Waals surface area contributed by atoms with Crippen LogP contribution in [0.4, 0.5) is 14.5 Å². The first kappa shape index (κ1) is 15.8. The number of rotatable bonds is 2. The molecule has 0 aliphatic carbocycles. The van der Waals surface area contributed by atoms with Gasteiger partial charge in [0, 0.05) is 6.20 Å². The van der Waals surface area contributed by atoms with Gasteiger partial charge in [-0.2, -0.15) is 8.78 Å². The Balaban J connectivity index is 2.72. The maximum Gasteiger partial charge on any atom is 0.321 e. The van der Waals surface area contributed by atoms with Crippen LogP contribution < -0.4 is 15.9 Å². The van der Waals surface area contributed by atoms with Crippen LogP contribution in [0.15, 0.2) is 11.0 Å². The average Bonchev–Trinajstić information content (AvgIpc) is 2.47. The summed E-state index contributed by atoms with van der Waals surface area (Å²) in [6.07, 6.45) is 1.08. The topological polar surface area (TPSA) is 117 Å². The van der Waals surface area contributed by atoms with Gasteiger partial charge in [-0.05, 0) is 13.8 Å². The van der Waals surface area contributed by atoms with Gasteiger partial charge in [-0.25, -0.2) is 0 Å². The van der Waals surface area contributed by atoms with Crippen LogP contribution in [0.3, 0.4) is 0 Å². The summed E-state index contributed by atoms with van der Waals surface area (Å²) in [6.45, 7) is 3.17. The van der Waals surface area contributed by atoms with Gasteiger partial charge in [0.05, 0.1) is 10.5 Å². The van der Waals surface area contributed by atoms with Gasteiger partial charge in [-0.15, -0.1) is 0 Å². The molecule has 0 saturated heterocycles. The third kappa shape index (κ3) is 1.88. The lowest BCUT2D eigenvalue weighted by Gasteiger charge is -2.35. The number of hydrogen-bond donors (Lipinski definition) is 1. The zero-order valence-electron chi connectivity index (χ0n) is 12.6. The fourth-order valence-electron chi connectivity index (χ4n) is 2.75. The first-order valence-corrected chi connectivity index (χ1v) is 6.75. The van der Waals surface area contributed by atoms with E-state index in [1.54, 1.807) is 13.8 Å². The van der Waals surface area contributed by atoms with Crippen molar-refractivity contribution >= 4 is 22.5 Å². The minimum absolute atomic E-state index is 0.107. The normalized spacial score (nSPS) is 15.2. The minimum Gasteiger partial charge on any atom is -0.486 e. The molecular weight excluding hydrogens is 328 g/mol. The van der Waals surface area contributed by atoms with Gasteiger partial charge in [0.25, 0.3) is 5.91 Å². The number of primary amides is 1. The molecule has 126 valence electrons. The summed E-state index contributed by atoms with van der Waals surface area (Å²) in [5.41, 5.74) is 0.913. The molecule has 0 saturated carbocycles. The maximum absolute atomic E-state index is 14.2. The minimum atomic E-state index is -1.83. The van der Waals surface area contributed by atoms with Crippen LogP contribution in [0, 0.1) is 21.7 Å². The van der Waals surface area contributed by atoms with Crippen molar-refractivity contribution in [2.24, 2.45) is 5.73 Å². The van der Waals surface area contributed by atoms with Crippen molar-refractivity contribution in [1.29, 1.82) is 0 Å². The van der Waals surface area contributed by atoms with Crippen molar-refractivity contribution in [2.45, 2.75) is 19.4 Å². The van der Waals surface area contributed by atoms with Crippen LogP contribution in [0.25, 0.3) is 10.9 Å². The monoisotopic (exact) mass is 339 g/mol. The number of benzene rings is 1. The molecule has 1 amide bonds. The molecule has 0 radical (unpaired) electrons. The van der Waals surface area contributed by atoms with Crippen LogP contribution in [0.1, 0.15) is 24.2 Å². The standard InChI is InChI=1S/C14H11F2N3O5/c1-14(2)4-24-12-8(16)7(15)9(19(22)23)6-10(12)18(14)3-5(11(6)20)13(17)21/h3H,4H2,1-2H3,(H2,17,21). The molecule has 2 aromatic rings. The predicted molar refractivity (Wildman–Crippen MR) is 78.1 cm³/mol. The summed E-state index contributed by atoms with van der Waals surface area (Å²) in [5, 5.41) is 10.5. The van der Waals surface area contributed by atoms with E-state index in [0.29, 0.717) is 0 Å². The number of carbonyl (C=O) groups is 1. The molecule has 1 aliphatic rings. The summed E-state index contributed by atoms with van der Waals surface area (Å²) in [5.74, 6) is -5.13. The van der Waals surface area contributed by atoms with Crippen LogP contribution in [-0.2, 0) is 5.54 Å². The Kier molecular flexibility index (Phi) is 3.12. The molecular formula is C14H11F2N3O5. The zero-order chi connectivity index (χ0) is 18.0. The van der Waals surface area contributed by atoms with E-state index < -0.39 is 55.8 Å². The average molecular weight is 339 g/mol. The Morgan fingerprint density at radius 2 is 2.04 bits per heavy atom. The number of halogens is 2. The van der Waals surface area contributed by atoms with Crippen molar-refractivity contribution in [1.82, 2.24) is 4.57 Å². The van der Waals surface area contributed by atoms with Crippen LogP contribution in [0.5, 0.6) is 5.75 Å². The van der Waals surface area contributed by atoms with Gasteiger partial charge in [-0.3, -0.25) is 19.7 Å². The molecule has 0 fully saturated rings. The van der Waals surface area contributed by atoms with Gasteiger partial charge in [0.15, 0.2) is 5.75 Å². The predicted octanol–water partition coefficient (Wildman–Crippen LogP) is 1.41. The van der Waals surface area contributed by atoms with Crippen molar-refractivity contribution in [2.75, 3.05) is 6.61 Å². The van der Waals surface area contributed by atoms with Crippen molar-refractivity contribution in [3.63, 3.8) is 0 Å². The second kappa shape index (κ2) is 4.73. The highest BCUT2D eigenvalue weighted by molar-refractivity contribution is 6.00. The van der Waals surface area contributed by atoms with E-state index in [2.05, 4.69) is 0 Å². The van der Waals surface area contributed by atoms with Gasteiger partial charge in [0.1, 0.15) is 23.1 Å². The number of amides is 1.